The van der Waals surface area contributed by atoms with Crippen molar-refractivity contribution in [3.8, 4) is 11.5 Å². The highest BCUT2D eigenvalue weighted by molar-refractivity contribution is 7.91. The van der Waals surface area contributed by atoms with Crippen LogP contribution in [0.25, 0.3) is 0 Å². The first-order valence-electron chi connectivity index (χ1n) is 8.47. The molecule has 0 aliphatic carbocycles. The maximum Gasteiger partial charge on any atom is 0.276 e. The van der Waals surface area contributed by atoms with E-state index >= 15 is 0 Å². The van der Waals surface area contributed by atoms with E-state index in [0.29, 0.717) is 5.75 Å². The number of phenols is 1. The van der Waals surface area contributed by atoms with Crippen molar-refractivity contribution in [1.29, 1.82) is 0 Å². The summed E-state index contributed by atoms with van der Waals surface area (Å²) in [5.41, 5.74) is 0.0921. The number of rotatable bonds is 7. The maximum absolute atomic E-state index is 12.4. The topological polar surface area (TPSA) is 111 Å². The van der Waals surface area contributed by atoms with Crippen molar-refractivity contribution < 1.29 is 23.1 Å². The largest absolute Gasteiger partial charge is 0.506 e. The number of hydrogen-bond acceptors (Lipinski definition) is 6. The second-order valence-corrected chi connectivity index (χ2v) is 8.14. The van der Waals surface area contributed by atoms with Crippen molar-refractivity contribution in [1.82, 2.24) is 9.78 Å². The molecule has 28 heavy (non-hydrogen) atoms. The van der Waals surface area contributed by atoms with E-state index in [0.717, 1.165) is 0 Å². The van der Waals surface area contributed by atoms with Gasteiger partial charge >= 0.3 is 0 Å². The van der Waals surface area contributed by atoms with Gasteiger partial charge in [-0.05, 0) is 36.4 Å². The molecule has 0 saturated heterocycles. The fraction of sp³-hybridized carbons (Fsp3) is 0.158. The van der Waals surface area contributed by atoms with Gasteiger partial charge in [0.15, 0.2) is 22.3 Å². The van der Waals surface area contributed by atoms with Crippen LogP contribution >= 0.6 is 0 Å². The summed E-state index contributed by atoms with van der Waals surface area (Å²) in [5, 5.41) is 16.5. The van der Waals surface area contributed by atoms with Gasteiger partial charge in [-0.3, -0.25) is 4.79 Å². The van der Waals surface area contributed by atoms with Crippen LogP contribution in [-0.4, -0.2) is 35.0 Å². The number of hydrogen-bond donors (Lipinski definition) is 2. The van der Waals surface area contributed by atoms with Crippen LogP contribution in [0.3, 0.4) is 0 Å². The third-order valence-electron chi connectivity index (χ3n) is 3.94. The van der Waals surface area contributed by atoms with Gasteiger partial charge in [0, 0.05) is 6.20 Å². The van der Waals surface area contributed by atoms with E-state index < -0.39 is 15.7 Å². The zero-order chi connectivity index (χ0) is 20.1. The van der Waals surface area contributed by atoms with Gasteiger partial charge in [-0.25, -0.2) is 13.1 Å². The van der Waals surface area contributed by atoms with Crippen LogP contribution in [0.1, 0.15) is 17.4 Å². The molecule has 0 unspecified atom stereocenters. The van der Waals surface area contributed by atoms with E-state index in [-0.39, 0.29) is 34.5 Å². The number of aromatic nitrogens is 2. The molecule has 3 aromatic rings. The van der Waals surface area contributed by atoms with E-state index in [2.05, 4.69) is 10.4 Å². The van der Waals surface area contributed by atoms with Gasteiger partial charge in [-0.1, -0.05) is 25.1 Å². The molecule has 9 heteroatoms. The van der Waals surface area contributed by atoms with E-state index in [1.807, 2.05) is 18.2 Å². The molecule has 0 spiro atoms. The second-order valence-electron chi connectivity index (χ2n) is 5.86. The number of ether oxygens (including phenoxy) is 1. The SMILES string of the molecule is CCS(=O)(=O)c1ccc(O)c(NC(=O)c2ccn(COc3ccccc3)n2)c1. The van der Waals surface area contributed by atoms with Gasteiger partial charge < -0.3 is 15.2 Å². The quantitative estimate of drug-likeness (QED) is 0.589. The first-order valence-corrected chi connectivity index (χ1v) is 10.1. The summed E-state index contributed by atoms with van der Waals surface area (Å²) in [6.07, 6.45) is 1.58. The van der Waals surface area contributed by atoms with E-state index in [1.54, 1.807) is 18.3 Å². The molecule has 0 radical (unpaired) electrons. The third kappa shape index (κ3) is 4.49. The van der Waals surface area contributed by atoms with Crippen LogP contribution in [0.4, 0.5) is 5.69 Å². The number of nitrogens with zero attached hydrogens (tertiary/aromatic N) is 2. The van der Waals surface area contributed by atoms with Crippen molar-refractivity contribution >= 4 is 21.4 Å². The van der Waals surface area contributed by atoms with Gasteiger partial charge in [0.25, 0.3) is 5.91 Å². The predicted octanol–water partition coefficient (Wildman–Crippen LogP) is 2.67. The fourth-order valence-electron chi connectivity index (χ4n) is 2.37. The predicted molar refractivity (Wildman–Crippen MR) is 103 cm³/mol. The third-order valence-corrected chi connectivity index (χ3v) is 5.67. The Morgan fingerprint density at radius 2 is 1.93 bits per heavy atom. The Morgan fingerprint density at radius 3 is 2.64 bits per heavy atom. The minimum absolute atomic E-state index is 0.00499. The lowest BCUT2D eigenvalue weighted by Crippen LogP contribution is -2.15. The van der Waals surface area contributed by atoms with Crippen molar-refractivity contribution in [2.24, 2.45) is 0 Å². The minimum atomic E-state index is -3.47. The van der Waals surface area contributed by atoms with Gasteiger partial charge in [-0.2, -0.15) is 5.10 Å². The molecule has 0 aliphatic rings. The molecule has 0 aliphatic heterocycles. The summed E-state index contributed by atoms with van der Waals surface area (Å²) in [7, 11) is -3.47. The van der Waals surface area contributed by atoms with Crippen LogP contribution in [0, 0.1) is 0 Å². The standard InChI is InChI=1S/C19H19N3O5S/c1-2-28(25,26)15-8-9-18(23)17(12-15)20-19(24)16-10-11-22(21-16)13-27-14-6-4-3-5-7-14/h3-12,23H,2,13H2,1H3,(H,20,24). The van der Waals surface area contributed by atoms with Gasteiger partial charge in [0.05, 0.1) is 16.3 Å². The Labute approximate surface area is 162 Å². The molecule has 0 bridgehead atoms. The summed E-state index contributed by atoms with van der Waals surface area (Å²) in [6, 6.07) is 14.4. The molecule has 0 saturated carbocycles. The van der Waals surface area contributed by atoms with Gasteiger partial charge in [0.2, 0.25) is 0 Å². The first kappa shape index (κ1) is 19.4. The Morgan fingerprint density at radius 1 is 1.18 bits per heavy atom. The fourth-order valence-corrected chi connectivity index (χ4v) is 3.28. The molecule has 3 rings (SSSR count). The monoisotopic (exact) mass is 401 g/mol. The lowest BCUT2D eigenvalue weighted by atomic mass is 10.3. The van der Waals surface area contributed by atoms with Crippen LogP contribution < -0.4 is 10.1 Å². The number of carbonyl (C=O) groups is 1. The molecule has 0 atom stereocenters. The first-order chi connectivity index (χ1) is 13.4. The molecule has 1 amide bonds. The van der Waals surface area contributed by atoms with Crippen molar-refractivity contribution in [3.05, 3.63) is 66.5 Å². The smallest absolute Gasteiger partial charge is 0.276 e. The lowest BCUT2D eigenvalue weighted by molar-refractivity contribution is 0.101. The number of amides is 1. The molecule has 2 aromatic carbocycles. The number of para-hydroxylation sites is 1. The normalized spacial score (nSPS) is 11.2. The number of aromatic hydroxyl groups is 1. The second kappa shape index (κ2) is 8.13. The molecule has 0 fully saturated rings. The van der Waals surface area contributed by atoms with Crippen molar-refractivity contribution in [3.63, 3.8) is 0 Å². The Hall–Kier alpha value is -3.33. The van der Waals surface area contributed by atoms with Crippen LogP contribution in [0.15, 0.2) is 65.7 Å². The van der Waals surface area contributed by atoms with Crippen LogP contribution in [0.5, 0.6) is 11.5 Å². The van der Waals surface area contributed by atoms with Gasteiger partial charge in [-0.15, -0.1) is 0 Å². The summed E-state index contributed by atoms with van der Waals surface area (Å²) in [6.45, 7) is 1.64. The van der Waals surface area contributed by atoms with Crippen molar-refractivity contribution in [2.45, 2.75) is 18.6 Å². The Balaban J connectivity index is 1.70. The van der Waals surface area contributed by atoms with Gasteiger partial charge in [0.1, 0.15) is 11.5 Å². The van der Waals surface area contributed by atoms with E-state index in [4.69, 9.17) is 4.74 Å². The zero-order valence-electron chi connectivity index (χ0n) is 15.1. The number of phenolic OH excluding ortho intramolecular Hbond substituents is 1. The molecular formula is C19H19N3O5S. The summed E-state index contributed by atoms with van der Waals surface area (Å²) < 4.78 is 31.0. The van der Waals surface area contributed by atoms with E-state index in [9.17, 15) is 18.3 Å². The Kier molecular flexibility index (Phi) is 5.65. The summed E-state index contributed by atoms with van der Waals surface area (Å²) in [4.78, 5) is 12.4. The molecule has 1 heterocycles. The van der Waals surface area contributed by atoms with E-state index in [1.165, 1.54) is 35.9 Å². The molecule has 8 nitrogen and oxygen atoms in total. The molecule has 146 valence electrons. The van der Waals surface area contributed by atoms with Crippen molar-refractivity contribution in [2.75, 3.05) is 11.1 Å². The zero-order valence-corrected chi connectivity index (χ0v) is 15.9. The van der Waals surface area contributed by atoms with Crippen LogP contribution in [0.2, 0.25) is 0 Å². The number of carbonyl (C=O) groups excluding carboxylic acids is 1. The average Bonchev–Trinajstić information content (AvgIpc) is 3.18. The summed E-state index contributed by atoms with van der Waals surface area (Å²) in [5.74, 6) is -0.241. The number of benzene rings is 2. The van der Waals surface area contributed by atoms with Crippen LogP contribution in [-0.2, 0) is 16.6 Å². The number of anilines is 1. The number of nitrogens with one attached hydrogen (secondary N) is 1. The highest BCUT2D eigenvalue weighted by Crippen LogP contribution is 2.27. The average molecular weight is 401 g/mol. The summed E-state index contributed by atoms with van der Waals surface area (Å²) >= 11 is 0. The molecular weight excluding hydrogens is 382 g/mol. The minimum Gasteiger partial charge on any atom is -0.506 e. The lowest BCUT2D eigenvalue weighted by Gasteiger charge is -2.09. The maximum atomic E-state index is 12.4. The number of sulfone groups is 1. The molecule has 1 aromatic heterocycles. The molecule has 2 N–H and O–H groups in total. The highest BCUT2D eigenvalue weighted by atomic mass is 32.2. The Bertz CT molecular complexity index is 1080. The highest BCUT2D eigenvalue weighted by Gasteiger charge is 2.17.